The van der Waals surface area contributed by atoms with E-state index in [2.05, 4.69) is 4.99 Å². The van der Waals surface area contributed by atoms with Gasteiger partial charge in [0.1, 0.15) is 11.9 Å². The third-order valence-corrected chi connectivity index (χ3v) is 3.19. The summed E-state index contributed by atoms with van der Waals surface area (Å²) in [7, 11) is 0. The molecule has 3 N–H and O–H groups in total. The van der Waals surface area contributed by atoms with Crippen LogP contribution in [0.1, 0.15) is 12.0 Å². The smallest absolute Gasteiger partial charge is 0.272 e. The zero-order valence-electron chi connectivity index (χ0n) is 10.9. The van der Waals surface area contributed by atoms with Gasteiger partial charge in [0.15, 0.2) is 0 Å². The predicted octanol–water partition coefficient (Wildman–Crippen LogP) is 0.644. The average Bonchev–Trinajstić information content (AvgIpc) is 2.59. The molecule has 0 aliphatic carbocycles. The van der Waals surface area contributed by atoms with Crippen LogP contribution in [0.25, 0.3) is 0 Å². The minimum atomic E-state index is -0.869. The van der Waals surface area contributed by atoms with Crippen LogP contribution in [-0.2, 0) is 11.2 Å². The number of aryl methyl sites for hydroxylation is 1. The number of hydrogen-bond donors (Lipinski definition) is 2. The quantitative estimate of drug-likeness (QED) is 0.620. The predicted molar refractivity (Wildman–Crippen MR) is 73.7 cm³/mol. The first-order valence-electron chi connectivity index (χ1n) is 6.39. The summed E-state index contributed by atoms with van der Waals surface area (Å²) in [6.45, 7) is 0.496. The molecule has 0 amide bonds. The van der Waals surface area contributed by atoms with E-state index in [0.717, 1.165) is 0 Å². The van der Waals surface area contributed by atoms with Gasteiger partial charge in [-0.1, -0.05) is 18.2 Å². The maximum absolute atomic E-state index is 10.9. The number of amidine groups is 1. The Hall–Kier alpha value is -1.99. The Bertz CT molecular complexity index is 518. The van der Waals surface area contributed by atoms with Crippen molar-refractivity contribution in [1.82, 2.24) is 0 Å². The Morgan fingerprint density at radius 1 is 1.45 bits per heavy atom. The molecule has 20 heavy (non-hydrogen) atoms. The van der Waals surface area contributed by atoms with Gasteiger partial charge in [0, 0.05) is 11.6 Å². The maximum atomic E-state index is 10.9. The standard InChI is InChI=1S/C13H17N3O4/c14-13-12(17)8-20-7-10(15-13)6-5-9-3-1-2-4-11(9)16(18)19/h1-4,10,12,17H,5-8H2,(H2,14,15). The van der Waals surface area contributed by atoms with Crippen molar-refractivity contribution in [3.8, 4) is 0 Å². The van der Waals surface area contributed by atoms with Gasteiger partial charge < -0.3 is 15.6 Å². The minimum absolute atomic E-state index is 0.110. The van der Waals surface area contributed by atoms with Crippen molar-refractivity contribution in [2.45, 2.75) is 25.0 Å². The highest BCUT2D eigenvalue weighted by Crippen LogP contribution is 2.20. The van der Waals surface area contributed by atoms with E-state index < -0.39 is 6.10 Å². The molecule has 1 aliphatic heterocycles. The molecule has 2 unspecified atom stereocenters. The summed E-state index contributed by atoms with van der Waals surface area (Å²) in [6.07, 6.45) is 0.224. The number of nitro groups is 1. The summed E-state index contributed by atoms with van der Waals surface area (Å²) < 4.78 is 5.28. The Morgan fingerprint density at radius 2 is 2.20 bits per heavy atom. The van der Waals surface area contributed by atoms with E-state index in [4.69, 9.17) is 10.5 Å². The number of hydrogen-bond acceptors (Lipinski definition) is 6. The number of rotatable bonds is 4. The Labute approximate surface area is 116 Å². The van der Waals surface area contributed by atoms with Gasteiger partial charge in [-0.15, -0.1) is 0 Å². The molecular formula is C13H17N3O4. The van der Waals surface area contributed by atoms with E-state index in [-0.39, 0.29) is 29.1 Å². The molecule has 7 heteroatoms. The van der Waals surface area contributed by atoms with Gasteiger partial charge in [-0.05, 0) is 12.8 Å². The molecule has 108 valence electrons. The first-order valence-corrected chi connectivity index (χ1v) is 6.39. The number of nitrogens with two attached hydrogens (primary N) is 1. The van der Waals surface area contributed by atoms with Crippen LogP contribution in [0.3, 0.4) is 0 Å². The molecule has 0 fully saturated rings. The molecule has 1 aromatic rings. The lowest BCUT2D eigenvalue weighted by Gasteiger charge is -2.10. The molecule has 2 atom stereocenters. The molecule has 0 radical (unpaired) electrons. The van der Waals surface area contributed by atoms with Crippen LogP contribution in [0.5, 0.6) is 0 Å². The summed E-state index contributed by atoms with van der Waals surface area (Å²) in [4.78, 5) is 14.7. The van der Waals surface area contributed by atoms with E-state index in [1.54, 1.807) is 18.2 Å². The van der Waals surface area contributed by atoms with Gasteiger partial charge in [0.2, 0.25) is 0 Å². The van der Waals surface area contributed by atoms with Crippen molar-refractivity contribution in [2.24, 2.45) is 10.7 Å². The monoisotopic (exact) mass is 279 g/mol. The summed E-state index contributed by atoms with van der Waals surface area (Å²) in [5.74, 6) is 0.162. The van der Waals surface area contributed by atoms with E-state index in [0.29, 0.717) is 25.0 Å². The van der Waals surface area contributed by atoms with Crippen LogP contribution in [0.15, 0.2) is 29.3 Å². The number of nitrogens with zero attached hydrogens (tertiary/aromatic N) is 2. The van der Waals surface area contributed by atoms with Crippen LogP contribution in [0.4, 0.5) is 5.69 Å². The largest absolute Gasteiger partial charge is 0.385 e. The maximum Gasteiger partial charge on any atom is 0.272 e. The lowest BCUT2D eigenvalue weighted by Crippen LogP contribution is -2.31. The zero-order chi connectivity index (χ0) is 14.5. The highest BCUT2D eigenvalue weighted by atomic mass is 16.6. The minimum Gasteiger partial charge on any atom is -0.385 e. The van der Waals surface area contributed by atoms with Crippen molar-refractivity contribution in [3.63, 3.8) is 0 Å². The molecule has 0 bridgehead atoms. The Morgan fingerprint density at radius 3 is 2.95 bits per heavy atom. The molecule has 0 spiro atoms. The molecule has 7 nitrogen and oxygen atoms in total. The van der Waals surface area contributed by atoms with Gasteiger partial charge in [0.05, 0.1) is 24.2 Å². The van der Waals surface area contributed by atoms with Crippen molar-refractivity contribution >= 4 is 11.5 Å². The number of aliphatic hydroxyl groups excluding tert-OH is 1. The van der Waals surface area contributed by atoms with Gasteiger partial charge >= 0.3 is 0 Å². The topological polar surface area (TPSA) is 111 Å². The van der Waals surface area contributed by atoms with E-state index >= 15 is 0 Å². The van der Waals surface area contributed by atoms with Gasteiger partial charge in [-0.3, -0.25) is 15.1 Å². The van der Waals surface area contributed by atoms with E-state index in [9.17, 15) is 15.2 Å². The Balaban J connectivity index is 2.03. The normalized spacial score (nSPS) is 22.9. The van der Waals surface area contributed by atoms with Crippen molar-refractivity contribution in [3.05, 3.63) is 39.9 Å². The Kier molecular flexibility index (Phi) is 4.65. The van der Waals surface area contributed by atoms with Gasteiger partial charge in [-0.2, -0.15) is 0 Å². The number of nitro benzene ring substituents is 1. The fourth-order valence-corrected chi connectivity index (χ4v) is 2.11. The highest BCUT2D eigenvalue weighted by molar-refractivity contribution is 5.85. The first-order chi connectivity index (χ1) is 9.58. The number of aliphatic hydroxyl groups is 1. The second-order valence-electron chi connectivity index (χ2n) is 4.69. The molecular weight excluding hydrogens is 262 g/mol. The fraction of sp³-hybridized carbons (Fsp3) is 0.462. The molecule has 0 saturated heterocycles. The van der Waals surface area contributed by atoms with Gasteiger partial charge in [-0.25, -0.2) is 0 Å². The zero-order valence-corrected chi connectivity index (χ0v) is 10.9. The summed E-state index contributed by atoms with van der Waals surface area (Å²) >= 11 is 0. The van der Waals surface area contributed by atoms with Crippen molar-refractivity contribution < 1.29 is 14.8 Å². The second kappa shape index (κ2) is 6.44. The van der Waals surface area contributed by atoms with Crippen molar-refractivity contribution in [1.29, 1.82) is 0 Å². The lowest BCUT2D eigenvalue weighted by molar-refractivity contribution is -0.385. The average molecular weight is 279 g/mol. The van der Waals surface area contributed by atoms with Crippen LogP contribution in [0, 0.1) is 10.1 Å². The molecule has 0 aromatic heterocycles. The number of aliphatic imine (C=N–C) groups is 1. The third kappa shape index (κ3) is 3.52. The lowest BCUT2D eigenvalue weighted by atomic mass is 10.0. The van der Waals surface area contributed by atoms with Gasteiger partial charge in [0.25, 0.3) is 5.69 Å². The molecule has 1 heterocycles. The molecule has 1 aliphatic rings. The van der Waals surface area contributed by atoms with E-state index in [1.807, 2.05) is 0 Å². The molecule has 1 aromatic carbocycles. The van der Waals surface area contributed by atoms with Crippen LogP contribution < -0.4 is 5.73 Å². The van der Waals surface area contributed by atoms with Crippen LogP contribution >= 0.6 is 0 Å². The van der Waals surface area contributed by atoms with Crippen LogP contribution in [-0.4, -0.2) is 41.2 Å². The third-order valence-electron chi connectivity index (χ3n) is 3.19. The summed E-state index contributed by atoms with van der Waals surface area (Å²) in [6, 6.07) is 6.45. The molecule has 0 saturated carbocycles. The van der Waals surface area contributed by atoms with Crippen LogP contribution in [0.2, 0.25) is 0 Å². The number of para-hydroxylation sites is 1. The number of ether oxygens (including phenoxy) is 1. The van der Waals surface area contributed by atoms with Crippen molar-refractivity contribution in [2.75, 3.05) is 13.2 Å². The SMILES string of the molecule is NC1=NC(CCc2ccccc2[N+](=O)[O-])COCC1O. The number of benzene rings is 1. The molecule has 2 rings (SSSR count). The second-order valence-corrected chi connectivity index (χ2v) is 4.69. The fourth-order valence-electron chi connectivity index (χ4n) is 2.11. The summed E-state index contributed by atoms with van der Waals surface area (Å²) in [5, 5.41) is 20.4. The highest BCUT2D eigenvalue weighted by Gasteiger charge is 2.20. The van der Waals surface area contributed by atoms with E-state index in [1.165, 1.54) is 6.07 Å². The summed E-state index contributed by atoms with van der Waals surface area (Å²) in [5.41, 5.74) is 6.40. The first kappa shape index (κ1) is 14.4.